The maximum absolute atomic E-state index is 12.7. The Labute approximate surface area is 179 Å². The summed E-state index contributed by atoms with van der Waals surface area (Å²) in [5.41, 5.74) is 2.51. The highest BCUT2D eigenvalue weighted by molar-refractivity contribution is 6.04. The van der Waals surface area contributed by atoms with Crippen LogP contribution in [0.4, 0.5) is 10.5 Å². The lowest BCUT2D eigenvalue weighted by atomic mass is 10.1. The molecule has 2 aromatic carbocycles. The van der Waals surface area contributed by atoms with Gasteiger partial charge in [0.2, 0.25) is 5.91 Å². The maximum Gasteiger partial charge on any atom is 0.325 e. The molecule has 0 saturated carbocycles. The van der Waals surface area contributed by atoms with E-state index in [-0.39, 0.29) is 31.2 Å². The Hall–Kier alpha value is -3.81. The number of imide groups is 1. The number of hydrogen-bond donors (Lipinski definition) is 2. The van der Waals surface area contributed by atoms with Gasteiger partial charge in [0.25, 0.3) is 5.91 Å². The lowest BCUT2D eigenvalue weighted by molar-refractivity contribution is -0.128. The van der Waals surface area contributed by atoms with E-state index < -0.39 is 12.1 Å². The number of carbonyl (C=O) groups excluding carboxylic acids is 3. The average molecular weight is 420 g/mol. The van der Waals surface area contributed by atoms with Crippen LogP contribution >= 0.6 is 0 Å². The quantitative estimate of drug-likeness (QED) is 0.575. The molecular formula is C23H24N4O4. The first kappa shape index (κ1) is 20.5. The average Bonchev–Trinajstić information content (AvgIpc) is 3.26. The Morgan fingerprint density at radius 3 is 2.77 bits per heavy atom. The summed E-state index contributed by atoms with van der Waals surface area (Å²) in [6.45, 7) is 0.120. The van der Waals surface area contributed by atoms with Crippen LogP contribution in [0.15, 0.2) is 54.7 Å². The third-order valence-electron chi connectivity index (χ3n) is 5.46. The number of nitrogens with zero attached hydrogens (tertiary/aromatic N) is 2. The van der Waals surface area contributed by atoms with Crippen molar-refractivity contribution in [3.05, 3.63) is 60.3 Å². The van der Waals surface area contributed by atoms with Gasteiger partial charge in [-0.3, -0.25) is 14.5 Å². The highest BCUT2D eigenvalue weighted by Gasteiger charge is 2.38. The zero-order valence-electron chi connectivity index (χ0n) is 17.4. The van der Waals surface area contributed by atoms with E-state index in [9.17, 15) is 14.4 Å². The number of aromatic nitrogens is 1. The molecule has 0 aliphatic carbocycles. The Morgan fingerprint density at radius 2 is 1.97 bits per heavy atom. The molecule has 4 amide bonds. The van der Waals surface area contributed by atoms with Crippen molar-refractivity contribution in [2.24, 2.45) is 7.05 Å². The molecule has 0 radical (unpaired) electrons. The van der Waals surface area contributed by atoms with Crippen molar-refractivity contribution in [1.82, 2.24) is 14.8 Å². The summed E-state index contributed by atoms with van der Waals surface area (Å²) in [5.74, 6) is 0.0660. The van der Waals surface area contributed by atoms with Gasteiger partial charge in [-0.05, 0) is 36.8 Å². The van der Waals surface area contributed by atoms with Crippen molar-refractivity contribution in [3.63, 3.8) is 0 Å². The molecule has 1 fully saturated rings. The minimum Gasteiger partial charge on any atom is -0.496 e. The minimum absolute atomic E-state index is 0.117. The second-order valence-electron chi connectivity index (χ2n) is 7.53. The number of benzene rings is 2. The predicted molar refractivity (Wildman–Crippen MR) is 117 cm³/mol. The standard InChI is InChI=1S/C23H24N4O4/c1-26-12-11-15-13-17(7-9-19(15)26)24-21(28)10-8-18-22(29)27(23(30)25-18)14-16-5-3-4-6-20(16)31-2/h3-7,9,11-13,18H,8,10,14H2,1-2H3,(H,24,28)(H,25,30)/t18-/m1/s1. The van der Waals surface area contributed by atoms with Crippen molar-refractivity contribution < 1.29 is 19.1 Å². The number of anilines is 1. The van der Waals surface area contributed by atoms with Gasteiger partial charge in [-0.1, -0.05) is 18.2 Å². The molecule has 2 heterocycles. The summed E-state index contributed by atoms with van der Waals surface area (Å²) in [6, 6.07) is 13.7. The molecule has 31 heavy (non-hydrogen) atoms. The lowest BCUT2D eigenvalue weighted by Crippen LogP contribution is -2.31. The second kappa shape index (κ2) is 8.51. The summed E-state index contributed by atoms with van der Waals surface area (Å²) >= 11 is 0. The van der Waals surface area contributed by atoms with E-state index in [1.54, 1.807) is 13.2 Å². The van der Waals surface area contributed by atoms with Crippen LogP contribution in [0.5, 0.6) is 5.75 Å². The van der Waals surface area contributed by atoms with Crippen LogP contribution in [0.2, 0.25) is 0 Å². The SMILES string of the molecule is COc1ccccc1CN1C(=O)N[C@H](CCC(=O)Nc2ccc3c(ccn3C)c2)C1=O. The van der Waals surface area contributed by atoms with Crippen LogP contribution in [-0.2, 0) is 23.2 Å². The third kappa shape index (κ3) is 4.23. The first-order valence-electron chi connectivity index (χ1n) is 10.0. The Balaban J connectivity index is 1.34. The number of carbonyl (C=O) groups is 3. The van der Waals surface area contributed by atoms with Crippen LogP contribution in [0.3, 0.4) is 0 Å². The van der Waals surface area contributed by atoms with Crippen LogP contribution in [-0.4, -0.2) is 40.5 Å². The number of fused-ring (bicyclic) bond motifs is 1. The van der Waals surface area contributed by atoms with Gasteiger partial charge in [-0.2, -0.15) is 0 Å². The van der Waals surface area contributed by atoms with E-state index in [1.165, 1.54) is 0 Å². The molecular weight excluding hydrogens is 396 g/mol. The molecule has 3 aromatic rings. The van der Waals surface area contributed by atoms with Crippen LogP contribution in [0, 0.1) is 0 Å². The first-order chi connectivity index (χ1) is 15.0. The largest absolute Gasteiger partial charge is 0.496 e. The van der Waals surface area contributed by atoms with Crippen molar-refractivity contribution in [2.45, 2.75) is 25.4 Å². The van der Waals surface area contributed by atoms with E-state index >= 15 is 0 Å². The predicted octanol–water partition coefficient (Wildman–Crippen LogP) is 3.03. The van der Waals surface area contributed by atoms with Crippen molar-refractivity contribution in [2.75, 3.05) is 12.4 Å². The van der Waals surface area contributed by atoms with Gasteiger partial charge in [-0.25, -0.2) is 4.79 Å². The maximum atomic E-state index is 12.7. The molecule has 4 rings (SSSR count). The minimum atomic E-state index is -0.718. The fourth-order valence-electron chi connectivity index (χ4n) is 3.78. The summed E-state index contributed by atoms with van der Waals surface area (Å²) in [5, 5.41) is 6.56. The molecule has 0 bridgehead atoms. The van der Waals surface area contributed by atoms with Crippen LogP contribution in [0.25, 0.3) is 10.9 Å². The van der Waals surface area contributed by atoms with Crippen molar-refractivity contribution >= 4 is 34.4 Å². The molecule has 1 aliphatic rings. The normalized spacial score (nSPS) is 15.9. The number of amides is 4. The molecule has 1 saturated heterocycles. The summed E-state index contributed by atoms with van der Waals surface area (Å²) in [7, 11) is 3.51. The van der Waals surface area contributed by atoms with Gasteiger partial charge in [0.15, 0.2) is 0 Å². The number of hydrogen-bond acceptors (Lipinski definition) is 4. The molecule has 0 spiro atoms. The third-order valence-corrected chi connectivity index (χ3v) is 5.46. The van der Waals surface area contributed by atoms with E-state index in [0.29, 0.717) is 11.4 Å². The number of urea groups is 1. The molecule has 8 nitrogen and oxygen atoms in total. The van der Waals surface area contributed by atoms with E-state index in [4.69, 9.17) is 4.74 Å². The number of nitrogens with one attached hydrogen (secondary N) is 2. The fraction of sp³-hybridized carbons (Fsp3) is 0.261. The number of aryl methyl sites for hydroxylation is 1. The molecule has 2 N–H and O–H groups in total. The van der Waals surface area contributed by atoms with Crippen molar-refractivity contribution in [1.29, 1.82) is 0 Å². The van der Waals surface area contributed by atoms with Gasteiger partial charge in [0.1, 0.15) is 11.8 Å². The highest BCUT2D eigenvalue weighted by atomic mass is 16.5. The molecule has 0 unspecified atom stereocenters. The number of rotatable bonds is 7. The summed E-state index contributed by atoms with van der Waals surface area (Å²) < 4.78 is 7.30. The van der Waals surface area contributed by atoms with Gasteiger partial charge in [0, 0.05) is 41.8 Å². The second-order valence-corrected chi connectivity index (χ2v) is 7.53. The van der Waals surface area contributed by atoms with Gasteiger partial charge in [-0.15, -0.1) is 0 Å². The van der Waals surface area contributed by atoms with E-state index in [2.05, 4.69) is 10.6 Å². The molecule has 1 aromatic heterocycles. The van der Waals surface area contributed by atoms with Gasteiger partial charge < -0.3 is 19.9 Å². The Bertz CT molecular complexity index is 1150. The highest BCUT2D eigenvalue weighted by Crippen LogP contribution is 2.23. The fourth-order valence-corrected chi connectivity index (χ4v) is 3.78. The first-order valence-corrected chi connectivity index (χ1v) is 10.0. The number of methoxy groups -OCH3 is 1. The zero-order chi connectivity index (χ0) is 22.0. The summed E-state index contributed by atoms with van der Waals surface area (Å²) in [4.78, 5) is 38.6. The number of ether oxygens (including phenoxy) is 1. The zero-order valence-corrected chi connectivity index (χ0v) is 17.4. The summed E-state index contributed by atoms with van der Waals surface area (Å²) in [6.07, 6.45) is 2.31. The smallest absolute Gasteiger partial charge is 0.325 e. The topological polar surface area (TPSA) is 92.7 Å². The van der Waals surface area contributed by atoms with Gasteiger partial charge in [0.05, 0.1) is 13.7 Å². The van der Waals surface area contributed by atoms with E-state index in [0.717, 1.165) is 21.4 Å². The molecule has 1 atom stereocenters. The van der Waals surface area contributed by atoms with Crippen LogP contribution < -0.4 is 15.4 Å². The Kier molecular flexibility index (Phi) is 5.62. The molecule has 8 heteroatoms. The number of para-hydroxylation sites is 1. The Morgan fingerprint density at radius 1 is 1.16 bits per heavy atom. The molecule has 160 valence electrons. The van der Waals surface area contributed by atoms with Crippen molar-refractivity contribution in [3.8, 4) is 5.75 Å². The van der Waals surface area contributed by atoms with Gasteiger partial charge >= 0.3 is 6.03 Å². The molecule has 1 aliphatic heterocycles. The monoisotopic (exact) mass is 420 g/mol. The van der Waals surface area contributed by atoms with Crippen LogP contribution in [0.1, 0.15) is 18.4 Å². The lowest BCUT2D eigenvalue weighted by Gasteiger charge is -2.15. The van der Waals surface area contributed by atoms with E-state index in [1.807, 2.05) is 60.3 Å².